The third-order valence-electron chi connectivity index (χ3n) is 4.70. The van der Waals surface area contributed by atoms with Gasteiger partial charge in [-0.25, -0.2) is 14.5 Å². The van der Waals surface area contributed by atoms with E-state index in [0.717, 1.165) is 30.3 Å². The second-order valence-electron chi connectivity index (χ2n) is 6.11. The summed E-state index contributed by atoms with van der Waals surface area (Å²) in [6, 6.07) is 0. The third kappa shape index (κ3) is 2.29. The van der Waals surface area contributed by atoms with Gasteiger partial charge in [-0.1, -0.05) is 6.92 Å². The Hall–Kier alpha value is -1.74. The fourth-order valence-corrected chi connectivity index (χ4v) is 4.18. The maximum absolute atomic E-state index is 11.4. The molecule has 0 saturated carbocycles. The maximum atomic E-state index is 11.4. The van der Waals surface area contributed by atoms with Gasteiger partial charge in [-0.15, -0.1) is 4.37 Å². The molecule has 3 saturated heterocycles. The van der Waals surface area contributed by atoms with Gasteiger partial charge in [-0.3, -0.25) is 0 Å². The van der Waals surface area contributed by atoms with Gasteiger partial charge in [0.2, 0.25) is 5.88 Å². The van der Waals surface area contributed by atoms with Gasteiger partial charge in [0.15, 0.2) is 0 Å². The summed E-state index contributed by atoms with van der Waals surface area (Å²) in [6.07, 6.45) is 2.20. The molecule has 3 unspecified atom stereocenters. The van der Waals surface area contributed by atoms with Crippen LogP contribution in [0.15, 0.2) is 0 Å². The van der Waals surface area contributed by atoms with Crippen LogP contribution in [0.25, 0.3) is 0 Å². The second kappa shape index (κ2) is 5.41. The molecule has 8 nitrogen and oxygen atoms in total. The van der Waals surface area contributed by atoms with Crippen molar-refractivity contribution in [3.05, 3.63) is 5.69 Å². The molecule has 1 aromatic heterocycles. The summed E-state index contributed by atoms with van der Waals surface area (Å²) in [7, 11) is 0. The van der Waals surface area contributed by atoms with Gasteiger partial charge in [-0.05, 0) is 18.8 Å². The van der Waals surface area contributed by atoms with E-state index in [4.69, 9.17) is 14.2 Å². The predicted molar refractivity (Wildman–Crippen MR) is 77.6 cm³/mol. The molecule has 23 heavy (non-hydrogen) atoms. The van der Waals surface area contributed by atoms with E-state index in [1.807, 2.05) is 11.8 Å². The van der Waals surface area contributed by atoms with E-state index in [-0.39, 0.29) is 5.92 Å². The number of carbonyl (C=O) groups is 2. The molecular weight excluding hydrogens is 322 g/mol. The van der Waals surface area contributed by atoms with Crippen molar-refractivity contribution in [1.29, 1.82) is 0 Å². The first kappa shape index (κ1) is 14.8. The number of ether oxygens (including phenoxy) is 3. The molecule has 3 atom stereocenters. The molecule has 2 bridgehead atoms. The number of hydrogen-bond donors (Lipinski definition) is 0. The lowest BCUT2D eigenvalue weighted by Crippen LogP contribution is -2.51. The topological polar surface area (TPSA) is 90.9 Å². The van der Waals surface area contributed by atoms with Crippen LogP contribution < -0.4 is 4.74 Å². The van der Waals surface area contributed by atoms with Crippen LogP contribution >= 0.6 is 11.7 Å². The number of piperidine rings is 1. The van der Waals surface area contributed by atoms with Crippen molar-refractivity contribution < 1.29 is 23.8 Å². The van der Waals surface area contributed by atoms with Crippen molar-refractivity contribution >= 4 is 23.7 Å². The van der Waals surface area contributed by atoms with E-state index in [9.17, 15) is 9.59 Å². The first-order chi connectivity index (χ1) is 11.1. The molecule has 4 rings (SSSR count). The van der Waals surface area contributed by atoms with Gasteiger partial charge in [0.05, 0.1) is 18.3 Å². The van der Waals surface area contributed by atoms with Crippen LogP contribution in [0.4, 0.5) is 0 Å². The lowest BCUT2D eigenvalue weighted by molar-refractivity contribution is -0.257. The van der Waals surface area contributed by atoms with E-state index in [0.29, 0.717) is 37.9 Å². The highest BCUT2D eigenvalue weighted by molar-refractivity contribution is 6.99. The highest BCUT2D eigenvalue weighted by Crippen LogP contribution is 2.48. The third-order valence-corrected chi connectivity index (χ3v) is 5.23. The number of hydrogen-bond acceptors (Lipinski definition) is 9. The number of aromatic nitrogens is 2. The van der Waals surface area contributed by atoms with Gasteiger partial charge in [0.1, 0.15) is 5.69 Å². The van der Waals surface area contributed by atoms with Crippen LogP contribution in [0.2, 0.25) is 0 Å². The van der Waals surface area contributed by atoms with Gasteiger partial charge < -0.3 is 14.2 Å². The van der Waals surface area contributed by atoms with Crippen LogP contribution in [-0.4, -0.2) is 51.2 Å². The lowest BCUT2D eigenvalue weighted by atomic mass is 9.88. The molecule has 0 N–H and O–H groups in total. The Morgan fingerprint density at radius 1 is 1.30 bits per heavy atom. The standard InChI is InChI=1S/C14H17N3O5S/c1-2-5-20-11-10(15-23-16-11)9-7-17-6-8(9)3-4-14(17)21-12(18)13(19)22-14/h8-9H,2-7H2,1H3. The number of rotatable bonds is 4. The zero-order valence-corrected chi connectivity index (χ0v) is 13.5. The Balaban J connectivity index is 1.55. The summed E-state index contributed by atoms with van der Waals surface area (Å²) in [4.78, 5) is 24.8. The summed E-state index contributed by atoms with van der Waals surface area (Å²) < 4.78 is 24.8. The normalized spacial score (nSPS) is 31.3. The average Bonchev–Trinajstić information content (AvgIpc) is 3.20. The lowest BCUT2D eigenvalue weighted by Gasteiger charge is -2.37. The monoisotopic (exact) mass is 339 g/mol. The Labute approximate surface area is 137 Å². The summed E-state index contributed by atoms with van der Waals surface area (Å²) in [5.74, 6) is -1.91. The molecule has 4 heterocycles. The predicted octanol–water partition coefficient (Wildman–Crippen LogP) is 0.890. The molecule has 9 heteroatoms. The maximum Gasteiger partial charge on any atom is 0.421 e. The van der Waals surface area contributed by atoms with Gasteiger partial charge >= 0.3 is 17.8 Å². The zero-order chi connectivity index (χ0) is 16.0. The van der Waals surface area contributed by atoms with Crippen LogP contribution in [0.5, 0.6) is 5.88 Å². The van der Waals surface area contributed by atoms with Crippen LogP contribution in [0.3, 0.4) is 0 Å². The van der Waals surface area contributed by atoms with Gasteiger partial charge in [0.25, 0.3) is 0 Å². The molecule has 3 aliphatic heterocycles. The van der Waals surface area contributed by atoms with E-state index in [1.165, 1.54) is 0 Å². The molecular formula is C14H17N3O5S. The fraction of sp³-hybridized carbons (Fsp3) is 0.714. The molecule has 1 spiro atoms. The molecule has 1 aromatic rings. The number of esters is 2. The fourth-order valence-electron chi connectivity index (χ4n) is 3.62. The summed E-state index contributed by atoms with van der Waals surface area (Å²) >= 11 is 1.15. The summed E-state index contributed by atoms with van der Waals surface area (Å²) in [5, 5.41) is 0. The van der Waals surface area contributed by atoms with Gasteiger partial charge in [-0.2, -0.15) is 4.37 Å². The summed E-state index contributed by atoms with van der Waals surface area (Å²) in [6.45, 7) is 3.97. The number of carbonyl (C=O) groups excluding carboxylic acids is 2. The quantitative estimate of drug-likeness (QED) is 0.590. The van der Waals surface area contributed by atoms with E-state index in [1.54, 1.807) is 0 Å². The van der Waals surface area contributed by atoms with E-state index in [2.05, 4.69) is 8.75 Å². The zero-order valence-electron chi connectivity index (χ0n) is 12.7. The van der Waals surface area contributed by atoms with Crippen molar-refractivity contribution in [2.75, 3.05) is 19.7 Å². The molecule has 3 fully saturated rings. The Morgan fingerprint density at radius 2 is 2.09 bits per heavy atom. The molecule has 0 radical (unpaired) electrons. The van der Waals surface area contributed by atoms with Crippen LogP contribution in [0, 0.1) is 5.92 Å². The van der Waals surface area contributed by atoms with Crippen molar-refractivity contribution in [3.63, 3.8) is 0 Å². The van der Waals surface area contributed by atoms with Crippen molar-refractivity contribution in [2.24, 2.45) is 5.92 Å². The minimum absolute atomic E-state index is 0.151. The minimum atomic E-state index is -1.21. The van der Waals surface area contributed by atoms with Gasteiger partial charge in [0, 0.05) is 25.4 Å². The molecule has 0 amide bonds. The van der Waals surface area contributed by atoms with Crippen molar-refractivity contribution in [3.8, 4) is 5.88 Å². The largest absolute Gasteiger partial charge is 0.476 e. The van der Waals surface area contributed by atoms with E-state index < -0.39 is 17.8 Å². The average molecular weight is 339 g/mol. The number of nitrogens with zero attached hydrogens (tertiary/aromatic N) is 3. The highest BCUT2D eigenvalue weighted by Gasteiger charge is 2.59. The highest BCUT2D eigenvalue weighted by atomic mass is 32.1. The molecule has 0 aromatic carbocycles. The van der Waals surface area contributed by atoms with Crippen molar-refractivity contribution in [2.45, 2.75) is 38.0 Å². The number of fused-ring (bicyclic) bond motifs is 3. The molecule has 3 aliphatic rings. The van der Waals surface area contributed by atoms with Crippen molar-refractivity contribution in [1.82, 2.24) is 13.6 Å². The Bertz CT molecular complexity index is 632. The smallest absolute Gasteiger partial charge is 0.421 e. The van der Waals surface area contributed by atoms with Crippen LogP contribution in [-0.2, 0) is 19.1 Å². The SMILES string of the molecule is CCCOc1nsnc1C1CN2CC1CCC21OC(=O)C(=O)O1. The van der Waals surface area contributed by atoms with Crippen LogP contribution in [0.1, 0.15) is 37.8 Å². The first-order valence-corrected chi connectivity index (χ1v) is 8.52. The second-order valence-corrected chi connectivity index (χ2v) is 6.63. The Morgan fingerprint density at radius 3 is 2.83 bits per heavy atom. The molecule has 0 aliphatic carbocycles. The van der Waals surface area contributed by atoms with E-state index >= 15 is 0 Å². The minimum Gasteiger partial charge on any atom is -0.476 e. The molecule has 124 valence electrons. The summed E-state index contributed by atoms with van der Waals surface area (Å²) in [5.41, 5.74) is 0.864. The Kier molecular flexibility index (Phi) is 3.49. The first-order valence-electron chi connectivity index (χ1n) is 7.79.